The van der Waals surface area contributed by atoms with Gasteiger partial charge in [0.25, 0.3) is 0 Å². The number of nitrogens with two attached hydrogens (primary N) is 1. The summed E-state index contributed by atoms with van der Waals surface area (Å²) < 4.78 is 5.57. The molecule has 1 atom stereocenters. The van der Waals surface area contributed by atoms with Crippen LogP contribution >= 0.6 is 23.2 Å². The van der Waals surface area contributed by atoms with Gasteiger partial charge in [0.2, 0.25) is 0 Å². The molecule has 1 unspecified atom stereocenters. The third kappa shape index (κ3) is 3.37. The summed E-state index contributed by atoms with van der Waals surface area (Å²) >= 11 is 11.7. The second-order valence-corrected chi connectivity index (χ2v) is 3.92. The van der Waals surface area contributed by atoms with Crippen LogP contribution < -0.4 is 10.5 Å². The Balaban J connectivity index is 2.70. The van der Waals surface area contributed by atoms with Crippen molar-refractivity contribution in [1.29, 1.82) is 0 Å². The van der Waals surface area contributed by atoms with E-state index in [1.807, 2.05) is 6.92 Å². The van der Waals surface area contributed by atoms with Gasteiger partial charge in [-0.25, -0.2) is 0 Å². The topological polar surface area (TPSA) is 35.2 Å². The van der Waals surface area contributed by atoms with Crippen molar-refractivity contribution in [1.82, 2.24) is 0 Å². The summed E-state index contributed by atoms with van der Waals surface area (Å²) in [7, 11) is 0. The van der Waals surface area contributed by atoms with Gasteiger partial charge in [-0.3, -0.25) is 0 Å². The Morgan fingerprint density at radius 3 is 2.79 bits per heavy atom. The Labute approximate surface area is 94.0 Å². The molecule has 14 heavy (non-hydrogen) atoms. The summed E-state index contributed by atoms with van der Waals surface area (Å²) in [5.41, 5.74) is 5.41. The molecular weight excluding hydrogens is 221 g/mol. The Morgan fingerprint density at radius 1 is 1.43 bits per heavy atom. The molecule has 0 bridgehead atoms. The van der Waals surface area contributed by atoms with Crippen LogP contribution in [0.1, 0.15) is 13.3 Å². The lowest BCUT2D eigenvalue weighted by atomic mass is 10.3. The van der Waals surface area contributed by atoms with Crippen LogP contribution in [0.25, 0.3) is 0 Å². The van der Waals surface area contributed by atoms with Gasteiger partial charge in [0.1, 0.15) is 5.75 Å². The van der Waals surface area contributed by atoms with Crippen molar-refractivity contribution in [3.63, 3.8) is 0 Å². The molecule has 0 aliphatic carbocycles. The summed E-state index contributed by atoms with van der Waals surface area (Å²) in [6.07, 6.45) is 0.846. The van der Waals surface area contributed by atoms with E-state index in [1.165, 1.54) is 0 Å². The summed E-state index contributed by atoms with van der Waals surface area (Å²) in [5.74, 6) is 0.611. The Kier molecular flexibility index (Phi) is 4.52. The smallest absolute Gasteiger partial charge is 0.139 e. The van der Waals surface area contributed by atoms with Crippen molar-refractivity contribution in [2.45, 2.75) is 19.4 Å². The van der Waals surface area contributed by atoms with Crippen molar-refractivity contribution >= 4 is 23.2 Å². The van der Waals surface area contributed by atoms with Crippen LogP contribution in [0.2, 0.25) is 10.0 Å². The minimum atomic E-state index is 0.0518. The van der Waals surface area contributed by atoms with Gasteiger partial charge < -0.3 is 10.5 Å². The Bertz CT molecular complexity index is 304. The van der Waals surface area contributed by atoms with Crippen LogP contribution in [0.3, 0.4) is 0 Å². The Morgan fingerprint density at radius 2 is 2.14 bits per heavy atom. The molecule has 1 rings (SSSR count). The first-order valence-electron chi connectivity index (χ1n) is 4.45. The van der Waals surface area contributed by atoms with E-state index in [2.05, 4.69) is 0 Å². The van der Waals surface area contributed by atoms with Gasteiger partial charge in [-0.15, -0.1) is 0 Å². The predicted molar refractivity (Wildman–Crippen MR) is 60.2 cm³/mol. The zero-order valence-corrected chi connectivity index (χ0v) is 9.48. The number of halogens is 2. The maximum absolute atomic E-state index is 5.93. The molecule has 2 nitrogen and oxygen atoms in total. The zero-order valence-electron chi connectivity index (χ0n) is 7.97. The van der Waals surface area contributed by atoms with E-state index in [4.69, 9.17) is 33.7 Å². The van der Waals surface area contributed by atoms with Crippen LogP contribution in [0, 0.1) is 0 Å². The Hall–Kier alpha value is -0.440. The molecule has 0 aliphatic heterocycles. The highest BCUT2D eigenvalue weighted by atomic mass is 35.5. The third-order valence-corrected chi connectivity index (χ3v) is 2.34. The average Bonchev–Trinajstić information content (AvgIpc) is 2.12. The van der Waals surface area contributed by atoms with Gasteiger partial charge in [0.15, 0.2) is 0 Å². The number of hydrogen-bond acceptors (Lipinski definition) is 2. The quantitative estimate of drug-likeness (QED) is 0.868. The van der Waals surface area contributed by atoms with Crippen molar-refractivity contribution in [3.8, 4) is 5.75 Å². The molecule has 0 spiro atoms. The zero-order chi connectivity index (χ0) is 10.6. The van der Waals surface area contributed by atoms with E-state index in [0.29, 0.717) is 22.3 Å². The van der Waals surface area contributed by atoms with Gasteiger partial charge in [-0.2, -0.15) is 0 Å². The highest BCUT2D eigenvalue weighted by Gasteiger charge is 2.07. The molecule has 1 aromatic rings. The maximum atomic E-state index is 5.93. The van der Waals surface area contributed by atoms with Crippen molar-refractivity contribution in [2.24, 2.45) is 5.73 Å². The van der Waals surface area contributed by atoms with Gasteiger partial charge in [0, 0.05) is 11.1 Å². The molecule has 0 radical (unpaired) electrons. The van der Waals surface area contributed by atoms with Crippen molar-refractivity contribution in [2.75, 3.05) is 6.54 Å². The standard InChI is InChI=1S/C10H13Cl2NO/c1-7(4-5-13)14-10-6-8(11)2-3-9(10)12/h2-3,6-7H,4-5,13H2,1H3. The number of rotatable bonds is 4. The molecule has 0 fully saturated rings. The average molecular weight is 234 g/mol. The van der Waals surface area contributed by atoms with E-state index in [0.717, 1.165) is 6.42 Å². The fourth-order valence-electron chi connectivity index (χ4n) is 1.08. The predicted octanol–water partition coefficient (Wildman–Crippen LogP) is 3.11. The molecule has 0 heterocycles. The first-order valence-corrected chi connectivity index (χ1v) is 5.21. The largest absolute Gasteiger partial charge is 0.489 e. The van der Waals surface area contributed by atoms with E-state index < -0.39 is 0 Å². The first kappa shape index (κ1) is 11.6. The van der Waals surface area contributed by atoms with Crippen LogP contribution in [-0.4, -0.2) is 12.6 Å². The van der Waals surface area contributed by atoms with Crippen LogP contribution in [0.5, 0.6) is 5.75 Å². The van der Waals surface area contributed by atoms with E-state index in [9.17, 15) is 0 Å². The molecule has 0 saturated heterocycles. The number of ether oxygens (including phenoxy) is 1. The normalized spacial score (nSPS) is 12.6. The molecule has 2 N–H and O–H groups in total. The molecule has 1 aromatic carbocycles. The fourth-order valence-corrected chi connectivity index (χ4v) is 1.40. The summed E-state index contributed by atoms with van der Waals surface area (Å²) in [5, 5.41) is 1.18. The lowest BCUT2D eigenvalue weighted by Gasteiger charge is -2.14. The van der Waals surface area contributed by atoms with Gasteiger partial charge in [0.05, 0.1) is 11.1 Å². The van der Waals surface area contributed by atoms with Gasteiger partial charge >= 0.3 is 0 Å². The second kappa shape index (κ2) is 5.44. The maximum Gasteiger partial charge on any atom is 0.139 e. The van der Waals surface area contributed by atoms with Gasteiger partial charge in [-0.1, -0.05) is 23.2 Å². The van der Waals surface area contributed by atoms with Crippen molar-refractivity contribution in [3.05, 3.63) is 28.2 Å². The highest BCUT2D eigenvalue weighted by molar-refractivity contribution is 6.34. The molecule has 0 saturated carbocycles. The van der Waals surface area contributed by atoms with Crippen LogP contribution in [0.4, 0.5) is 0 Å². The van der Waals surface area contributed by atoms with E-state index in [1.54, 1.807) is 18.2 Å². The van der Waals surface area contributed by atoms with E-state index >= 15 is 0 Å². The lowest BCUT2D eigenvalue weighted by molar-refractivity contribution is 0.214. The molecule has 0 aliphatic rings. The lowest BCUT2D eigenvalue weighted by Crippen LogP contribution is -2.16. The SMILES string of the molecule is CC(CCN)Oc1cc(Cl)ccc1Cl. The van der Waals surface area contributed by atoms with Crippen molar-refractivity contribution < 1.29 is 4.74 Å². The highest BCUT2D eigenvalue weighted by Crippen LogP contribution is 2.28. The van der Waals surface area contributed by atoms with Gasteiger partial charge in [-0.05, 0) is 32.0 Å². The van der Waals surface area contributed by atoms with Crippen LogP contribution in [0.15, 0.2) is 18.2 Å². The molecular formula is C10H13Cl2NO. The summed E-state index contributed by atoms with van der Waals surface area (Å²) in [4.78, 5) is 0. The monoisotopic (exact) mass is 233 g/mol. The molecule has 4 heteroatoms. The molecule has 0 amide bonds. The minimum Gasteiger partial charge on any atom is -0.489 e. The molecule has 78 valence electrons. The first-order chi connectivity index (χ1) is 6.63. The van der Waals surface area contributed by atoms with Crippen LogP contribution in [-0.2, 0) is 0 Å². The molecule has 0 aromatic heterocycles. The summed E-state index contributed by atoms with van der Waals surface area (Å²) in [6, 6.07) is 5.15. The number of benzene rings is 1. The fraction of sp³-hybridized carbons (Fsp3) is 0.400. The van der Waals surface area contributed by atoms with E-state index in [-0.39, 0.29) is 6.10 Å². The number of hydrogen-bond donors (Lipinski definition) is 1. The minimum absolute atomic E-state index is 0.0518. The second-order valence-electron chi connectivity index (χ2n) is 3.08. The summed E-state index contributed by atoms with van der Waals surface area (Å²) in [6.45, 7) is 2.55. The third-order valence-electron chi connectivity index (χ3n) is 1.79.